The quantitative estimate of drug-likeness (QED) is 0.218. The van der Waals surface area contributed by atoms with Gasteiger partial charge in [0.2, 0.25) is 5.88 Å². The van der Waals surface area contributed by atoms with Gasteiger partial charge in [-0.25, -0.2) is 27.9 Å². The molecule has 10 nitrogen and oxygen atoms in total. The maximum absolute atomic E-state index is 15.3. The van der Waals surface area contributed by atoms with Crippen LogP contribution in [0.1, 0.15) is 39.6 Å². The van der Waals surface area contributed by atoms with E-state index < -0.39 is 23.4 Å². The third kappa shape index (κ3) is 6.02. The van der Waals surface area contributed by atoms with Gasteiger partial charge in [0.15, 0.2) is 23.2 Å². The van der Waals surface area contributed by atoms with Gasteiger partial charge in [-0.15, -0.1) is 0 Å². The van der Waals surface area contributed by atoms with Crippen LogP contribution in [0.15, 0.2) is 60.8 Å². The Balaban J connectivity index is 1.19. The summed E-state index contributed by atoms with van der Waals surface area (Å²) in [7, 11) is 0. The fourth-order valence-corrected chi connectivity index (χ4v) is 4.69. The Hall–Kier alpha value is -5.48. The molecular formula is C31H22F3N5O5. The molecule has 1 unspecified atom stereocenters. The van der Waals surface area contributed by atoms with Crippen LogP contribution < -0.4 is 9.47 Å². The second kappa shape index (κ2) is 12.0. The summed E-state index contributed by atoms with van der Waals surface area (Å²) < 4.78 is 62.5. The Bertz CT molecular complexity index is 1940. The van der Waals surface area contributed by atoms with Gasteiger partial charge in [-0.1, -0.05) is 6.07 Å². The molecule has 0 aliphatic carbocycles. The number of nitriles is 1. The van der Waals surface area contributed by atoms with Crippen molar-refractivity contribution in [3.63, 3.8) is 0 Å². The molecule has 1 atom stereocenters. The van der Waals surface area contributed by atoms with E-state index in [9.17, 15) is 18.7 Å². The van der Waals surface area contributed by atoms with Crippen LogP contribution in [0.3, 0.4) is 0 Å². The Kier molecular flexibility index (Phi) is 7.82. The van der Waals surface area contributed by atoms with E-state index in [0.717, 1.165) is 18.6 Å². The maximum atomic E-state index is 15.3. The highest BCUT2D eigenvalue weighted by Crippen LogP contribution is 2.28. The smallest absolute Gasteiger partial charge is 0.335 e. The van der Waals surface area contributed by atoms with Crippen LogP contribution in [0.2, 0.25) is 0 Å². The second-order valence-corrected chi connectivity index (χ2v) is 9.94. The molecule has 0 amide bonds. The number of aromatic nitrogens is 4. The first-order valence-electron chi connectivity index (χ1n) is 13.4. The lowest BCUT2D eigenvalue weighted by atomic mass is 10.1. The summed E-state index contributed by atoms with van der Waals surface area (Å²) in [6.45, 7) is 0.720. The topological polar surface area (TPSA) is 132 Å². The first-order chi connectivity index (χ1) is 21.3. The van der Waals surface area contributed by atoms with E-state index in [1.807, 2.05) is 6.07 Å². The lowest BCUT2D eigenvalue weighted by Crippen LogP contribution is -2.31. The van der Waals surface area contributed by atoms with Gasteiger partial charge in [-0.05, 0) is 48.4 Å². The van der Waals surface area contributed by atoms with Crippen LogP contribution in [0.25, 0.3) is 11.0 Å². The number of hydrogen-bond donors (Lipinski definition) is 1. The van der Waals surface area contributed by atoms with Gasteiger partial charge in [0.25, 0.3) is 0 Å². The number of halogens is 3. The summed E-state index contributed by atoms with van der Waals surface area (Å²) in [4.78, 5) is 24.2. The zero-order valence-electron chi connectivity index (χ0n) is 22.8. The maximum Gasteiger partial charge on any atom is 0.335 e. The van der Waals surface area contributed by atoms with Crippen molar-refractivity contribution in [2.24, 2.45) is 0 Å². The summed E-state index contributed by atoms with van der Waals surface area (Å²) >= 11 is 0. The first-order valence-corrected chi connectivity index (χ1v) is 13.4. The van der Waals surface area contributed by atoms with Gasteiger partial charge in [-0.2, -0.15) is 10.2 Å². The highest BCUT2D eigenvalue weighted by molar-refractivity contribution is 5.92. The largest absolute Gasteiger partial charge is 0.483 e. The van der Waals surface area contributed by atoms with Gasteiger partial charge in [0.05, 0.1) is 35.4 Å². The number of nitrogens with zero attached hydrogens (tertiary/aromatic N) is 5. The molecule has 5 aromatic rings. The molecule has 3 aromatic carbocycles. The zero-order chi connectivity index (χ0) is 30.8. The van der Waals surface area contributed by atoms with Gasteiger partial charge >= 0.3 is 5.97 Å². The van der Waals surface area contributed by atoms with Gasteiger partial charge in [-0.3, -0.25) is 0 Å². The second-order valence-electron chi connectivity index (χ2n) is 9.94. The van der Waals surface area contributed by atoms with Crippen LogP contribution in [-0.4, -0.2) is 43.3 Å². The minimum atomic E-state index is -1.27. The highest BCUT2D eigenvalue weighted by atomic mass is 19.1. The van der Waals surface area contributed by atoms with Crippen LogP contribution in [0, 0.1) is 28.8 Å². The summed E-state index contributed by atoms with van der Waals surface area (Å²) in [5, 5.41) is 18.3. The molecular weight excluding hydrogens is 579 g/mol. The SMILES string of the molecule is N#Cc1ccc(OCc2nccc(Oc3ccc(Cc4nc5c(F)cc(C(=O)O)cc5n4CC4CCO4)c(F)c3)n2)c(F)c1. The lowest BCUT2D eigenvalue weighted by molar-refractivity contribution is -0.0589. The van der Waals surface area contributed by atoms with E-state index in [4.69, 9.17) is 19.5 Å². The fourth-order valence-electron chi connectivity index (χ4n) is 4.69. The average molecular weight is 602 g/mol. The van der Waals surface area contributed by atoms with E-state index in [0.29, 0.717) is 24.5 Å². The van der Waals surface area contributed by atoms with Crippen molar-refractivity contribution < 1.29 is 37.3 Å². The van der Waals surface area contributed by atoms with Crippen molar-refractivity contribution >= 4 is 17.0 Å². The Morgan fingerprint density at radius 1 is 1.07 bits per heavy atom. The predicted octanol–water partition coefficient (Wildman–Crippen LogP) is 5.56. The molecule has 1 N–H and O–H groups in total. The normalized spacial score (nSPS) is 14.2. The van der Waals surface area contributed by atoms with Gasteiger partial charge < -0.3 is 23.9 Å². The van der Waals surface area contributed by atoms with Crippen LogP contribution in [0.4, 0.5) is 13.2 Å². The van der Waals surface area contributed by atoms with E-state index in [2.05, 4.69) is 15.0 Å². The van der Waals surface area contributed by atoms with Gasteiger partial charge in [0.1, 0.15) is 29.5 Å². The number of carboxylic acid groups (broad SMARTS) is 1. The van der Waals surface area contributed by atoms with E-state index in [1.165, 1.54) is 48.7 Å². The van der Waals surface area contributed by atoms with Crippen molar-refractivity contribution in [2.45, 2.75) is 32.1 Å². The predicted molar refractivity (Wildman–Crippen MR) is 148 cm³/mol. The van der Waals surface area contributed by atoms with Crippen molar-refractivity contribution in [3.8, 4) is 23.4 Å². The third-order valence-corrected chi connectivity index (χ3v) is 7.01. The number of ether oxygens (including phenoxy) is 3. The number of carboxylic acids is 1. The summed E-state index contributed by atoms with van der Waals surface area (Å²) in [5.74, 6) is -2.67. The van der Waals surface area contributed by atoms with Crippen LogP contribution >= 0.6 is 0 Å². The van der Waals surface area contributed by atoms with E-state index in [1.54, 1.807) is 4.57 Å². The summed E-state index contributed by atoms with van der Waals surface area (Å²) in [6, 6.07) is 13.6. The molecule has 1 aliphatic heterocycles. The molecule has 222 valence electrons. The molecule has 0 spiro atoms. The zero-order valence-corrected chi connectivity index (χ0v) is 22.8. The Morgan fingerprint density at radius 2 is 1.91 bits per heavy atom. The molecule has 13 heteroatoms. The van der Waals surface area contributed by atoms with Crippen LogP contribution in [0.5, 0.6) is 17.4 Å². The number of fused-ring (bicyclic) bond motifs is 1. The number of imidazole rings is 1. The highest BCUT2D eigenvalue weighted by Gasteiger charge is 2.24. The lowest BCUT2D eigenvalue weighted by Gasteiger charge is -2.27. The van der Waals surface area contributed by atoms with Gasteiger partial charge in [0, 0.05) is 31.4 Å². The molecule has 3 heterocycles. The fraction of sp³-hybridized carbons (Fsp3) is 0.194. The molecule has 6 rings (SSSR count). The number of rotatable bonds is 10. The molecule has 1 saturated heterocycles. The number of carbonyl (C=O) groups is 1. The third-order valence-electron chi connectivity index (χ3n) is 7.01. The Labute approximate surface area is 247 Å². The molecule has 1 fully saturated rings. The molecule has 0 bridgehead atoms. The molecule has 44 heavy (non-hydrogen) atoms. The number of aromatic carboxylic acids is 1. The van der Waals surface area contributed by atoms with Crippen molar-refractivity contribution in [1.29, 1.82) is 5.26 Å². The number of hydrogen-bond acceptors (Lipinski definition) is 8. The Morgan fingerprint density at radius 3 is 2.61 bits per heavy atom. The molecule has 0 radical (unpaired) electrons. The summed E-state index contributed by atoms with van der Waals surface area (Å²) in [6.07, 6.45) is 2.04. The van der Waals surface area contributed by atoms with E-state index in [-0.39, 0.29) is 64.5 Å². The standard InChI is InChI=1S/C31H22F3N5O5/c32-22-13-20(44-29-5-7-36-27(37-29)16-43-26-4-1-17(14-35)9-23(26)33)3-2-18(22)12-28-38-30-24(34)10-19(31(40)41)11-25(30)39(28)15-21-6-8-42-21/h1-5,7,9-11,13,21H,6,8,12,15-16H2,(H,40,41). The number of benzene rings is 3. The van der Waals surface area contributed by atoms with E-state index >= 15 is 4.39 Å². The minimum Gasteiger partial charge on any atom is -0.483 e. The molecule has 1 aliphatic rings. The monoisotopic (exact) mass is 601 g/mol. The molecule has 2 aromatic heterocycles. The van der Waals surface area contributed by atoms with Crippen molar-refractivity contribution in [2.75, 3.05) is 6.61 Å². The van der Waals surface area contributed by atoms with Crippen molar-refractivity contribution in [3.05, 3.63) is 107 Å². The molecule has 0 saturated carbocycles. The summed E-state index contributed by atoms with van der Waals surface area (Å²) in [5.41, 5.74) is 0.480. The first kappa shape index (κ1) is 28.6. The van der Waals surface area contributed by atoms with Crippen molar-refractivity contribution in [1.82, 2.24) is 19.5 Å². The van der Waals surface area contributed by atoms with Crippen LogP contribution in [-0.2, 0) is 24.3 Å². The average Bonchev–Trinajstić information content (AvgIpc) is 3.33. The minimum absolute atomic E-state index is 0.00371.